The lowest BCUT2D eigenvalue weighted by molar-refractivity contribution is 0.0684. The maximum absolute atomic E-state index is 11.0. The Morgan fingerprint density at radius 3 is 2.50 bits per heavy atom. The summed E-state index contributed by atoms with van der Waals surface area (Å²) in [5.74, 6) is -1.01. The molecular formula is C9H12N8O3. The van der Waals surface area contributed by atoms with Gasteiger partial charge in [0.2, 0.25) is 11.9 Å². The van der Waals surface area contributed by atoms with Crippen LogP contribution in [0.3, 0.4) is 0 Å². The summed E-state index contributed by atoms with van der Waals surface area (Å²) in [5.41, 5.74) is 11.0. The molecule has 2 aromatic rings. The molecule has 20 heavy (non-hydrogen) atoms. The second-order valence-electron chi connectivity index (χ2n) is 3.75. The number of rotatable bonds is 5. The van der Waals surface area contributed by atoms with Gasteiger partial charge in [0.05, 0.1) is 12.3 Å². The number of nitrogens with two attached hydrogens (primary N) is 2. The highest BCUT2D eigenvalue weighted by atomic mass is 16.5. The third-order valence-corrected chi connectivity index (χ3v) is 2.33. The van der Waals surface area contributed by atoms with Crippen LogP contribution in [0.2, 0.25) is 0 Å². The first-order chi connectivity index (χ1) is 9.51. The average molecular weight is 280 g/mol. The van der Waals surface area contributed by atoms with Crippen LogP contribution in [0.5, 0.6) is 0 Å². The van der Waals surface area contributed by atoms with Crippen molar-refractivity contribution in [1.29, 1.82) is 0 Å². The number of aromatic carboxylic acids is 1. The fourth-order valence-corrected chi connectivity index (χ4v) is 1.57. The van der Waals surface area contributed by atoms with Crippen LogP contribution in [0.25, 0.3) is 0 Å². The first-order valence-corrected chi connectivity index (χ1v) is 5.41. The number of anilines is 2. The summed E-state index contributed by atoms with van der Waals surface area (Å²) in [7, 11) is 1.43. The van der Waals surface area contributed by atoms with Gasteiger partial charge in [-0.05, 0) is 0 Å². The minimum atomic E-state index is -1.20. The minimum Gasteiger partial charge on any atom is -0.476 e. The van der Waals surface area contributed by atoms with Crippen LogP contribution >= 0.6 is 0 Å². The van der Waals surface area contributed by atoms with Crippen molar-refractivity contribution in [3.63, 3.8) is 0 Å². The Morgan fingerprint density at radius 2 is 1.95 bits per heavy atom. The monoisotopic (exact) mass is 280 g/mol. The molecular weight excluding hydrogens is 268 g/mol. The van der Waals surface area contributed by atoms with E-state index >= 15 is 0 Å². The van der Waals surface area contributed by atoms with E-state index in [9.17, 15) is 4.79 Å². The number of hydrogen-bond donors (Lipinski definition) is 3. The number of carbonyl (C=O) groups is 1. The van der Waals surface area contributed by atoms with Crippen LogP contribution in [-0.2, 0) is 17.9 Å². The number of nitrogens with zero attached hydrogens (tertiary/aromatic N) is 6. The SMILES string of the molecule is COCc1c(C(=O)O)nnn1Cc1nc(N)nc(N)n1. The Labute approximate surface area is 112 Å². The summed E-state index contributed by atoms with van der Waals surface area (Å²) >= 11 is 0. The molecule has 0 unspecified atom stereocenters. The second-order valence-corrected chi connectivity index (χ2v) is 3.75. The molecule has 0 atom stereocenters. The van der Waals surface area contributed by atoms with Crippen LogP contribution in [0.15, 0.2) is 0 Å². The molecule has 0 radical (unpaired) electrons. The predicted molar refractivity (Wildman–Crippen MR) is 65.4 cm³/mol. The Hall–Kier alpha value is -2.82. The Balaban J connectivity index is 2.35. The third kappa shape index (κ3) is 2.77. The third-order valence-electron chi connectivity index (χ3n) is 2.33. The molecule has 0 aliphatic heterocycles. The molecule has 0 bridgehead atoms. The molecule has 0 aromatic carbocycles. The molecule has 0 spiro atoms. The lowest BCUT2D eigenvalue weighted by atomic mass is 10.3. The Kier molecular flexibility index (Phi) is 3.70. The number of hydrogen-bond acceptors (Lipinski definition) is 9. The van der Waals surface area contributed by atoms with Gasteiger partial charge in [0.1, 0.15) is 6.54 Å². The van der Waals surface area contributed by atoms with Gasteiger partial charge in [-0.15, -0.1) is 5.10 Å². The largest absolute Gasteiger partial charge is 0.476 e. The van der Waals surface area contributed by atoms with Crippen molar-refractivity contribution < 1.29 is 14.6 Å². The van der Waals surface area contributed by atoms with Gasteiger partial charge < -0.3 is 21.3 Å². The van der Waals surface area contributed by atoms with E-state index in [4.69, 9.17) is 21.3 Å². The average Bonchev–Trinajstić information content (AvgIpc) is 2.72. The smallest absolute Gasteiger partial charge is 0.358 e. The summed E-state index contributed by atoms with van der Waals surface area (Å²) in [6, 6.07) is 0. The molecule has 2 rings (SSSR count). The van der Waals surface area contributed by atoms with E-state index in [2.05, 4.69) is 25.3 Å². The molecule has 0 saturated heterocycles. The predicted octanol–water partition coefficient (Wildman–Crippen LogP) is -1.48. The van der Waals surface area contributed by atoms with Crippen LogP contribution in [-0.4, -0.2) is 48.1 Å². The molecule has 0 aliphatic rings. The molecule has 0 amide bonds. The number of methoxy groups -OCH3 is 1. The van der Waals surface area contributed by atoms with Crippen molar-refractivity contribution in [2.24, 2.45) is 0 Å². The van der Waals surface area contributed by atoms with Crippen molar-refractivity contribution in [2.45, 2.75) is 13.2 Å². The Bertz CT molecular complexity index is 620. The summed E-state index contributed by atoms with van der Waals surface area (Å²) in [4.78, 5) is 22.4. The van der Waals surface area contributed by atoms with E-state index in [-0.39, 0.29) is 42.3 Å². The van der Waals surface area contributed by atoms with E-state index in [1.54, 1.807) is 0 Å². The van der Waals surface area contributed by atoms with Gasteiger partial charge in [0, 0.05) is 7.11 Å². The van der Waals surface area contributed by atoms with Crippen molar-refractivity contribution in [3.8, 4) is 0 Å². The molecule has 11 nitrogen and oxygen atoms in total. The number of nitrogen functional groups attached to an aromatic ring is 2. The molecule has 106 valence electrons. The summed E-state index contributed by atoms with van der Waals surface area (Å²) in [6.45, 7) is 0.0839. The highest BCUT2D eigenvalue weighted by Crippen LogP contribution is 2.09. The zero-order valence-electron chi connectivity index (χ0n) is 10.5. The molecule has 0 aliphatic carbocycles. The first-order valence-electron chi connectivity index (χ1n) is 5.41. The van der Waals surface area contributed by atoms with Gasteiger partial charge in [-0.3, -0.25) is 0 Å². The van der Waals surface area contributed by atoms with Crippen LogP contribution in [0.1, 0.15) is 22.0 Å². The topological polar surface area (TPSA) is 168 Å². The van der Waals surface area contributed by atoms with E-state index in [1.165, 1.54) is 11.8 Å². The maximum atomic E-state index is 11.0. The molecule has 2 heterocycles. The molecule has 0 fully saturated rings. The van der Waals surface area contributed by atoms with E-state index in [0.29, 0.717) is 0 Å². The zero-order chi connectivity index (χ0) is 14.7. The van der Waals surface area contributed by atoms with E-state index in [1.807, 2.05) is 0 Å². The normalized spacial score (nSPS) is 10.7. The van der Waals surface area contributed by atoms with Gasteiger partial charge in [0.15, 0.2) is 11.5 Å². The zero-order valence-corrected chi connectivity index (χ0v) is 10.5. The van der Waals surface area contributed by atoms with Gasteiger partial charge >= 0.3 is 5.97 Å². The lowest BCUT2D eigenvalue weighted by Gasteiger charge is -2.06. The second kappa shape index (κ2) is 5.44. The van der Waals surface area contributed by atoms with Crippen molar-refractivity contribution in [1.82, 2.24) is 29.9 Å². The van der Waals surface area contributed by atoms with E-state index in [0.717, 1.165) is 0 Å². The highest BCUT2D eigenvalue weighted by molar-refractivity contribution is 5.86. The van der Waals surface area contributed by atoms with E-state index < -0.39 is 5.97 Å². The van der Waals surface area contributed by atoms with Gasteiger partial charge in [-0.25, -0.2) is 9.48 Å². The summed E-state index contributed by atoms with van der Waals surface area (Å²) in [6.07, 6.45) is 0. The number of aromatic nitrogens is 6. The van der Waals surface area contributed by atoms with Gasteiger partial charge in [0.25, 0.3) is 0 Å². The maximum Gasteiger partial charge on any atom is 0.358 e. The summed E-state index contributed by atoms with van der Waals surface area (Å²) < 4.78 is 6.24. The fourth-order valence-electron chi connectivity index (χ4n) is 1.57. The standard InChI is InChI=1S/C9H12N8O3/c1-20-3-4-6(7(18)19)15-16-17(4)2-5-12-8(10)14-9(11)13-5/h2-3H2,1H3,(H,18,19)(H4,10,11,12,13,14). The van der Waals surface area contributed by atoms with Crippen LogP contribution in [0, 0.1) is 0 Å². The van der Waals surface area contributed by atoms with Crippen molar-refractivity contribution in [3.05, 3.63) is 17.2 Å². The van der Waals surface area contributed by atoms with Crippen LogP contribution in [0.4, 0.5) is 11.9 Å². The number of ether oxygens (including phenoxy) is 1. The molecule has 11 heteroatoms. The fraction of sp³-hybridized carbons (Fsp3) is 0.333. The summed E-state index contributed by atoms with van der Waals surface area (Å²) in [5, 5.41) is 16.3. The first kappa shape index (κ1) is 13.6. The Morgan fingerprint density at radius 1 is 1.30 bits per heavy atom. The number of carboxylic acid groups (broad SMARTS) is 1. The lowest BCUT2D eigenvalue weighted by Crippen LogP contribution is -2.14. The van der Waals surface area contributed by atoms with Crippen molar-refractivity contribution >= 4 is 17.9 Å². The van der Waals surface area contributed by atoms with Gasteiger partial charge in [-0.1, -0.05) is 5.21 Å². The van der Waals surface area contributed by atoms with Crippen molar-refractivity contribution in [2.75, 3.05) is 18.6 Å². The molecule has 5 N–H and O–H groups in total. The molecule has 0 saturated carbocycles. The quantitative estimate of drug-likeness (QED) is 0.587. The minimum absolute atomic E-state index is 0.0284. The molecule has 2 aromatic heterocycles. The van der Waals surface area contributed by atoms with Crippen LogP contribution < -0.4 is 11.5 Å². The highest BCUT2D eigenvalue weighted by Gasteiger charge is 2.19. The van der Waals surface area contributed by atoms with Gasteiger partial charge in [-0.2, -0.15) is 15.0 Å². The number of carboxylic acids is 1.